The first-order valence-electron chi connectivity index (χ1n) is 6.59. The van der Waals surface area contributed by atoms with Crippen LogP contribution in [-0.4, -0.2) is 47.0 Å². The number of benzene rings is 1. The van der Waals surface area contributed by atoms with E-state index in [9.17, 15) is 9.90 Å². The van der Waals surface area contributed by atoms with Crippen molar-refractivity contribution in [3.05, 3.63) is 30.0 Å². The van der Waals surface area contributed by atoms with Crippen molar-refractivity contribution < 1.29 is 9.90 Å². The Morgan fingerprint density at radius 1 is 1.48 bits per heavy atom. The summed E-state index contributed by atoms with van der Waals surface area (Å²) in [5, 5.41) is 10.5. The molecule has 0 fully saturated rings. The van der Waals surface area contributed by atoms with Crippen LogP contribution in [0.25, 0.3) is 10.9 Å². The Morgan fingerprint density at radius 2 is 2.24 bits per heavy atom. The fourth-order valence-electron chi connectivity index (χ4n) is 2.12. The molecule has 0 saturated heterocycles. The number of carbonyl (C=O) groups is 1. The van der Waals surface area contributed by atoms with Crippen LogP contribution in [0.5, 0.6) is 5.75 Å². The number of phenolic OH excluding ortho intramolecular Hbond substituents is 1. The van der Waals surface area contributed by atoms with E-state index in [0.717, 1.165) is 22.9 Å². The molecule has 1 aliphatic rings. The molecule has 0 spiro atoms. The standard InChI is InChI=1S/C10H12N2O.C4H7N3O/c11-5-4-7-6-12-8-2-1-3-9(13)10(7)8;1-7-2-3(8)6-4(7)5/h1-3,6,12-13H,4-5,11H2;2H2,1H3,(H2,5,6,8). The Balaban J connectivity index is 0.000000173. The van der Waals surface area contributed by atoms with E-state index in [1.54, 1.807) is 18.0 Å². The number of fused-ring (bicyclic) bond motifs is 1. The molecule has 2 aromatic rings. The van der Waals surface area contributed by atoms with Gasteiger partial charge >= 0.3 is 0 Å². The summed E-state index contributed by atoms with van der Waals surface area (Å²) in [6, 6.07) is 5.45. The lowest BCUT2D eigenvalue weighted by atomic mass is 10.1. The molecule has 0 atom stereocenters. The molecule has 112 valence electrons. The quantitative estimate of drug-likeness (QED) is 0.627. The zero-order chi connectivity index (χ0) is 15.4. The van der Waals surface area contributed by atoms with Crippen molar-refractivity contribution in [3.8, 4) is 5.75 Å². The second kappa shape index (κ2) is 6.27. The third kappa shape index (κ3) is 3.32. The second-order valence-electron chi connectivity index (χ2n) is 4.77. The van der Waals surface area contributed by atoms with Crippen molar-refractivity contribution in [1.29, 1.82) is 0 Å². The van der Waals surface area contributed by atoms with Gasteiger partial charge in [0.05, 0.1) is 0 Å². The maximum atomic E-state index is 10.4. The lowest BCUT2D eigenvalue weighted by molar-refractivity contribution is -0.116. The molecule has 0 radical (unpaired) electrons. The molecule has 0 saturated carbocycles. The van der Waals surface area contributed by atoms with Crippen LogP contribution in [0.1, 0.15) is 5.56 Å². The normalized spacial score (nSPS) is 14.1. The third-order valence-electron chi connectivity index (χ3n) is 3.18. The van der Waals surface area contributed by atoms with E-state index in [1.807, 2.05) is 18.3 Å². The Bertz CT molecular complexity index is 677. The number of guanidine groups is 1. The topological polar surface area (TPSA) is 121 Å². The number of carbonyl (C=O) groups excluding carboxylic acids is 1. The van der Waals surface area contributed by atoms with Crippen LogP contribution in [0.4, 0.5) is 0 Å². The van der Waals surface area contributed by atoms with Gasteiger partial charge in [-0.1, -0.05) is 6.07 Å². The molecule has 1 aromatic heterocycles. The number of hydrogen-bond acceptors (Lipinski definition) is 5. The number of nitrogens with two attached hydrogens (primary N) is 2. The number of nitrogens with one attached hydrogen (secondary N) is 1. The molecule has 0 aliphatic carbocycles. The van der Waals surface area contributed by atoms with Crippen LogP contribution in [0.3, 0.4) is 0 Å². The van der Waals surface area contributed by atoms with Gasteiger partial charge in [0, 0.05) is 24.1 Å². The van der Waals surface area contributed by atoms with E-state index in [1.165, 1.54) is 0 Å². The number of aromatic nitrogens is 1. The fraction of sp³-hybridized carbons (Fsp3) is 0.286. The maximum Gasteiger partial charge on any atom is 0.268 e. The average molecular weight is 289 g/mol. The van der Waals surface area contributed by atoms with Gasteiger partial charge in [-0.15, -0.1) is 0 Å². The summed E-state index contributed by atoms with van der Waals surface area (Å²) in [5.74, 6) is 0.474. The number of likely N-dealkylation sites (N-methyl/N-ethyl adjacent to an activating group) is 1. The lowest BCUT2D eigenvalue weighted by Gasteiger charge is -2.05. The zero-order valence-electron chi connectivity index (χ0n) is 11.8. The van der Waals surface area contributed by atoms with Crippen molar-refractivity contribution >= 4 is 22.8 Å². The van der Waals surface area contributed by atoms with Gasteiger partial charge in [-0.2, -0.15) is 4.99 Å². The number of H-pyrrole nitrogens is 1. The monoisotopic (exact) mass is 289 g/mol. The van der Waals surface area contributed by atoms with Crippen LogP contribution >= 0.6 is 0 Å². The molecule has 6 N–H and O–H groups in total. The van der Waals surface area contributed by atoms with Gasteiger partial charge in [0.2, 0.25) is 0 Å². The van der Waals surface area contributed by atoms with Gasteiger partial charge in [0.1, 0.15) is 12.3 Å². The molecular formula is C14H19N5O2. The van der Waals surface area contributed by atoms with Crippen LogP contribution in [0.2, 0.25) is 0 Å². The fourth-order valence-corrected chi connectivity index (χ4v) is 2.12. The minimum absolute atomic E-state index is 0.162. The Kier molecular flexibility index (Phi) is 4.44. The highest BCUT2D eigenvalue weighted by Crippen LogP contribution is 2.27. The van der Waals surface area contributed by atoms with Gasteiger partial charge in [0.25, 0.3) is 5.91 Å². The Hall–Kier alpha value is -2.54. The predicted octanol–water partition coefficient (Wildman–Crippen LogP) is 0.148. The van der Waals surface area contributed by atoms with Crippen molar-refractivity contribution in [2.75, 3.05) is 20.1 Å². The van der Waals surface area contributed by atoms with Crippen LogP contribution in [0, 0.1) is 0 Å². The Morgan fingerprint density at radius 3 is 2.76 bits per heavy atom. The number of nitrogens with zero attached hydrogens (tertiary/aromatic N) is 2. The molecule has 1 aliphatic heterocycles. The van der Waals surface area contributed by atoms with Gasteiger partial charge in [-0.05, 0) is 30.7 Å². The number of aliphatic imine (C=N–C) groups is 1. The minimum atomic E-state index is -0.162. The summed E-state index contributed by atoms with van der Waals surface area (Å²) in [6.45, 7) is 0.924. The van der Waals surface area contributed by atoms with Gasteiger partial charge in [-0.3, -0.25) is 4.79 Å². The van der Waals surface area contributed by atoms with Crippen molar-refractivity contribution in [2.45, 2.75) is 6.42 Å². The number of aromatic hydroxyl groups is 1. The van der Waals surface area contributed by atoms with E-state index < -0.39 is 0 Å². The number of rotatable bonds is 2. The summed E-state index contributed by atoms with van der Waals surface area (Å²) in [4.78, 5) is 18.5. The SMILES string of the molecule is CN1CC(=O)N=C1N.NCCc1c[nH]c2cccc(O)c12. The van der Waals surface area contributed by atoms with E-state index >= 15 is 0 Å². The number of hydrogen-bond donors (Lipinski definition) is 4. The lowest BCUT2D eigenvalue weighted by Crippen LogP contribution is -2.29. The molecule has 2 heterocycles. The summed E-state index contributed by atoms with van der Waals surface area (Å²) in [7, 11) is 1.73. The van der Waals surface area contributed by atoms with Crippen molar-refractivity contribution in [2.24, 2.45) is 16.5 Å². The average Bonchev–Trinajstić information content (AvgIpc) is 2.96. The second-order valence-corrected chi connectivity index (χ2v) is 4.77. The molecule has 7 nitrogen and oxygen atoms in total. The van der Waals surface area contributed by atoms with Gasteiger partial charge in [0.15, 0.2) is 5.96 Å². The third-order valence-corrected chi connectivity index (χ3v) is 3.18. The molecular weight excluding hydrogens is 270 g/mol. The summed E-state index contributed by atoms with van der Waals surface area (Å²) in [5.41, 5.74) is 12.7. The minimum Gasteiger partial charge on any atom is -0.507 e. The smallest absolute Gasteiger partial charge is 0.268 e. The van der Waals surface area contributed by atoms with Crippen LogP contribution in [0.15, 0.2) is 29.4 Å². The Labute approximate surface area is 122 Å². The highest BCUT2D eigenvalue weighted by molar-refractivity contribution is 5.99. The zero-order valence-corrected chi connectivity index (χ0v) is 11.8. The van der Waals surface area contributed by atoms with E-state index in [-0.39, 0.29) is 5.91 Å². The molecule has 7 heteroatoms. The molecule has 0 bridgehead atoms. The van der Waals surface area contributed by atoms with Gasteiger partial charge < -0.3 is 26.5 Å². The molecule has 1 aromatic carbocycles. The first-order valence-corrected chi connectivity index (χ1v) is 6.59. The predicted molar refractivity (Wildman–Crippen MR) is 82.0 cm³/mol. The summed E-state index contributed by atoms with van der Waals surface area (Å²) >= 11 is 0. The van der Waals surface area contributed by atoms with Gasteiger partial charge in [-0.25, -0.2) is 0 Å². The highest BCUT2D eigenvalue weighted by Gasteiger charge is 2.15. The van der Waals surface area contributed by atoms with E-state index in [4.69, 9.17) is 11.5 Å². The first-order chi connectivity index (χ1) is 10.0. The van der Waals surface area contributed by atoms with Crippen molar-refractivity contribution in [3.63, 3.8) is 0 Å². The number of phenols is 1. The molecule has 1 amide bonds. The van der Waals surface area contributed by atoms with Crippen LogP contribution < -0.4 is 11.5 Å². The molecule has 21 heavy (non-hydrogen) atoms. The largest absolute Gasteiger partial charge is 0.507 e. The summed E-state index contributed by atoms with van der Waals surface area (Å²) < 4.78 is 0. The highest BCUT2D eigenvalue weighted by atomic mass is 16.3. The van der Waals surface area contributed by atoms with Crippen LogP contribution in [-0.2, 0) is 11.2 Å². The van der Waals surface area contributed by atoms with Crippen molar-refractivity contribution in [1.82, 2.24) is 9.88 Å². The molecule has 0 unspecified atom stereocenters. The van der Waals surface area contributed by atoms with E-state index in [0.29, 0.717) is 24.8 Å². The van der Waals surface area contributed by atoms with E-state index in [2.05, 4.69) is 9.98 Å². The molecule has 3 rings (SSSR count). The number of aromatic amines is 1. The summed E-state index contributed by atoms with van der Waals surface area (Å²) in [6.07, 6.45) is 2.69. The maximum absolute atomic E-state index is 10.4. The number of amides is 1. The first kappa shape index (κ1) is 14.9.